The summed E-state index contributed by atoms with van der Waals surface area (Å²) in [5.74, 6) is -0.219. The average Bonchev–Trinajstić information content (AvgIpc) is 3.27. The summed E-state index contributed by atoms with van der Waals surface area (Å²) >= 11 is 7.17. The van der Waals surface area contributed by atoms with Crippen LogP contribution in [0.3, 0.4) is 0 Å². The van der Waals surface area contributed by atoms with Crippen LogP contribution >= 0.6 is 22.9 Å². The van der Waals surface area contributed by atoms with Crippen molar-refractivity contribution in [2.75, 3.05) is 23.7 Å². The van der Waals surface area contributed by atoms with Gasteiger partial charge in [0.25, 0.3) is 5.91 Å². The molecule has 1 fully saturated rings. The Bertz CT molecular complexity index is 1030. The number of anilines is 2. The minimum absolute atomic E-state index is 0.0606. The lowest BCUT2D eigenvalue weighted by Gasteiger charge is -2.31. The number of amides is 3. The van der Waals surface area contributed by atoms with E-state index in [0.29, 0.717) is 34.5 Å². The lowest BCUT2D eigenvalue weighted by molar-refractivity contribution is 0.102. The predicted octanol–water partition coefficient (Wildman–Crippen LogP) is 4.86. The number of para-hydroxylation sites is 1. The summed E-state index contributed by atoms with van der Waals surface area (Å²) in [4.78, 5) is 26.8. The van der Waals surface area contributed by atoms with Gasteiger partial charge in [-0.1, -0.05) is 41.1 Å². The van der Waals surface area contributed by atoms with Crippen LogP contribution in [0, 0.1) is 0 Å². The van der Waals surface area contributed by atoms with Gasteiger partial charge in [-0.05, 0) is 49.2 Å². The molecule has 0 unspecified atom stereocenters. The molecular formula is C21H20ClN5O2S. The van der Waals surface area contributed by atoms with Gasteiger partial charge in [0.15, 0.2) is 0 Å². The van der Waals surface area contributed by atoms with Gasteiger partial charge < -0.3 is 15.5 Å². The summed E-state index contributed by atoms with van der Waals surface area (Å²) in [5.41, 5.74) is 1.41. The topological polar surface area (TPSA) is 87.2 Å². The van der Waals surface area contributed by atoms with Crippen molar-refractivity contribution >= 4 is 46.3 Å². The normalized spacial score (nSPS) is 16.2. The van der Waals surface area contributed by atoms with E-state index in [-0.39, 0.29) is 17.9 Å². The number of nitrogens with zero attached hydrogens (tertiary/aromatic N) is 3. The van der Waals surface area contributed by atoms with Gasteiger partial charge in [0.05, 0.1) is 0 Å². The zero-order valence-corrected chi connectivity index (χ0v) is 17.6. The number of carbonyl (C=O) groups excluding carboxylic acids is 2. The van der Waals surface area contributed by atoms with Gasteiger partial charge in [0, 0.05) is 35.4 Å². The Morgan fingerprint density at radius 3 is 2.50 bits per heavy atom. The van der Waals surface area contributed by atoms with Crippen molar-refractivity contribution in [3.05, 3.63) is 69.6 Å². The van der Waals surface area contributed by atoms with Crippen molar-refractivity contribution in [3.8, 4) is 0 Å². The van der Waals surface area contributed by atoms with Crippen molar-refractivity contribution in [2.45, 2.75) is 18.8 Å². The molecule has 4 rings (SSSR count). The maximum Gasteiger partial charge on any atom is 0.321 e. The number of hydrogen-bond acceptors (Lipinski definition) is 5. The molecule has 1 atom stereocenters. The summed E-state index contributed by atoms with van der Waals surface area (Å²) in [6.07, 6.45) is 1.77. The van der Waals surface area contributed by atoms with E-state index >= 15 is 0 Å². The number of likely N-dealkylation sites (tertiary alicyclic amines) is 1. The second-order valence-electron chi connectivity index (χ2n) is 6.99. The van der Waals surface area contributed by atoms with Crippen LogP contribution < -0.4 is 10.6 Å². The molecule has 7 nitrogen and oxygen atoms in total. The molecule has 2 N–H and O–H groups in total. The molecule has 1 aliphatic heterocycles. The molecule has 1 aromatic heterocycles. The molecule has 2 heterocycles. The van der Waals surface area contributed by atoms with Crippen LogP contribution in [-0.4, -0.2) is 40.1 Å². The summed E-state index contributed by atoms with van der Waals surface area (Å²) in [6, 6.07) is 16.1. The summed E-state index contributed by atoms with van der Waals surface area (Å²) in [5, 5.41) is 15.7. The largest absolute Gasteiger partial charge is 0.324 e. The monoisotopic (exact) mass is 441 g/mol. The van der Waals surface area contributed by atoms with Crippen LogP contribution in [-0.2, 0) is 0 Å². The van der Waals surface area contributed by atoms with Crippen molar-refractivity contribution in [2.24, 2.45) is 0 Å². The molecule has 1 saturated heterocycles. The van der Waals surface area contributed by atoms with Crippen molar-refractivity contribution in [1.29, 1.82) is 0 Å². The molecule has 3 amide bonds. The molecule has 2 aromatic carbocycles. The SMILES string of the molecule is O=C(Nc1ccccc1)c1nnc([C@@H]2CCCN(C(=O)Nc3ccc(Cl)cc3)C2)s1. The smallest absolute Gasteiger partial charge is 0.321 e. The molecular weight excluding hydrogens is 422 g/mol. The molecule has 1 aliphatic rings. The molecule has 0 aliphatic carbocycles. The lowest BCUT2D eigenvalue weighted by Crippen LogP contribution is -2.41. The van der Waals surface area contributed by atoms with Crippen LogP contribution in [0.2, 0.25) is 5.02 Å². The summed E-state index contributed by atoms with van der Waals surface area (Å²) in [6.45, 7) is 1.21. The Balaban J connectivity index is 1.38. The highest BCUT2D eigenvalue weighted by Crippen LogP contribution is 2.29. The number of halogens is 1. The molecule has 9 heteroatoms. The van der Waals surface area contributed by atoms with E-state index in [0.717, 1.165) is 17.8 Å². The molecule has 3 aromatic rings. The fraction of sp³-hybridized carbons (Fsp3) is 0.238. The standard InChI is InChI=1S/C21H20ClN5O2S/c22-15-8-10-17(11-9-15)24-21(29)27-12-4-5-14(13-27)19-25-26-20(30-19)18(28)23-16-6-2-1-3-7-16/h1-3,6-11,14H,4-5,12-13H2,(H,23,28)(H,24,29)/t14-/m1/s1. The molecule has 154 valence electrons. The quantitative estimate of drug-likeness (QED) is 0.605. The van der Waals surface area contributed by atoms with E-state index in [4.69, 9.17) is 11.6 Å². The van der Waals surface area contributed by atoms with Gasteiger partial charge >= 0.3 is 6.03 Å². The lowest BCUT2D eigenvalue weighted by atomic mass is 9.99. The minimum Gasteiger partial charge on any atom is -0.324 e. The third-order valence-electron chi connectivity index (χ3n) is 4.82. The van der Waals surface area contributed by atoms with Crippen molar-refractivity contribution in [3.63, 3.8) is 0 Å². The summed E-state index contributed by atoms with van der Waals surface area (Å²) in [7, 11) is 0. The Morgan fingerprint density at radius 1 is 1.00 bits per heavy atom. The number of urea groups is 1. The molecule has 0 spiro atoms. The van der Waals surface area contributed by atoms with Gasteiger partial charge in [-0.15, -0.1) is 10.2 Å². The van der Waals surface area contributed by atoms with Gasteiger partial charge in [-0.25, -0.2) is 4.79 Å². The van der Waals surface area contributed by atoms with E-state index < -0.39 is 0 Å². The highest BCUT2D eigenvalue weighted by atomic mass is 35.5. The minimum atomic E-state index is -0.280. The zero-order chi connectivity index (χ0) is 20.9. The maximum atomic E-state index is 12.6. The van der Waals surface area contributed by atoms with Crippen LogP contribution in [0.15, 0.2) is 54.6 Å². The average molecular weight is 442 g/mol. The number of hydrogen-bond donors (Lipinski definition) is 2. The van der Waals surface area contributed by atoms with Crippen LogP contribution in [0.5, 0.6) is 0 Å². The molecule has 0 bridgehead atoms. The van der Waals surface area contributed by atoms with Gasteiger partial charge in [-0.2, -0.15) is 0 Å². The second kappa shape index (κ2) is 9.23. The van der Waals surface area contributed by atoms with E-state index in [9.17, 15) is 9.59 Å². The van der Waals surface area contributed by atoms with Gasteiger partial charge in [-0.3, -0.25) is 4.79 Å². The Morgan fingerprint density at radius 2 is 1.73 bits per heavy atom. The van der Waals surface area contributed by atoms with E-state index in [1.165, 1.54) is 11.3 Å². The molecule has 30 heavy (non-hydrogen) atoms. The van der Waals surface area contributed by atoms with Crippen molar-refractivity contribution in [1.82, 2.24) is 15.1 Å². The summed E-state index contributed by atoms with van der Waals surface area (Å²) < 4.78 is 0. The maximum absolute atomic E-state index is 12.6. The van der Waals surface area contributed by atoms with Gasteiger partial charge in [0.1, 0.15) is 5.01 Å². The van der Waals surface area contributed by atoms with Crippen molar-refractivity contribution < 1.29 is 9.59 Å². The number of nitrogens with one attached hydrogen (secondary N) is 2. The third-order valence-corrected chi connectivity index (χ3v) is 6.16. The first-order valence-electron chi connectivity index (χ1n) is 9.60. The fourth-order valence-electron chi connectivity index (χ4n) is 3.30. The predicted molar refractivity (Wildman–Crippen MR) is 118 cm³/mol. The second-order valence-corrected chi connectivity index (χ2v) is 8.43. The fourth-order valence-corrected chi connectivity index (χ4v) is 4.29. The highest BCUT2D eigenvalue weighted by molar-refractivity contribution is 7.13. The first kappa shape index (κ1) is 20.3. The van der Waals surface area contributed by atoms with E-state index in [1.807, 2.05) is 30.3 Å². The molecule has 0 radical (unpaired) electrons. The first-order valence-corrected chi connectivity index (χ1v) is 10.8. The zero-order valence-electron chi connectivity index (χ0n) is 16.0. The Labute approximate surface area is 183 Å². The first-order chi connectivity index (χ1) is 14.6. The Hall–Kier alpha value is -2.97. The highest BCUT2D eigenvalue weighted by Gasteiger charge is 2.28. The Kier molecular flexibility index (Phi) is 6.25. The number of rotatable bonds is 4. The number of piperidine rings is 1. The third kappa shape index (κ3) is 4.95. The van der Waals surface area contributed by atoms with Crippen LogP contribution in [0.25, 0.3) is 0 Å². The van der Waals surface area contributed by atoms with E-state index in [1.54, 1.807) is 29.2 Å². The van der Waals surface area contributed by atoms with Crippen LogP contribution in [0.4, 0.5) is 16.2 Å². The number of benzene rings is 2. The number of carbonyl (C=O) groups is 2. The number of aromatic nitrogens is 2. The van der Waals surface area contributed by atoms with Crippen LogP contribution in [0.1, 0.15) is 33.6 Å². The van der Waals surface area contributed by atoms with E-state index in [2.05, 4.69) is 20.8 Å². The molecule has 0 saturated carbocycles. The van der Waals surface area contributed by atoms with Gasteiger partial charge in [0.2, 0.25) is 5.01 Å².